The lowest BCUT2D eigenvalue weighted by molar-refractivity contribution is -0.0615. The van der Waals surface area contributed by atoms with Crippen molar-refractivity contribution in [1.29, 1.82) is 0 Å². The van der Waals surface area contributed by atoms with E-state index in [0.717, 1.165) is 18.8 Å². The van der Waals surface area contributed by atoms with Gasteiger partial charge in [-0.3, -0.25) is 9.88 Å². The summed E-state index contributed by atoms with van der Waals surface area (Å²) in [5.74, 6) is 0.231. The second kappa shape index (κ2) is 7.75. The Balaban J connectivity index is 1.65. The largest absolute Gasteiger partial charge is 0.506 e. The van der Waals surface area contributed by atoms with Crippen molar-refractivity contribution in [2.45, 2.75) is 25.6 Å². The van der Waals surface area contributed by atoms with E-state index in [4.69, 9.17) is 4.74 Å². The second-order valence-corrected chi connectivity index (χ2v) is 6.29. The number of benzene rings is 1. The van der Waals surface area contributed by atoms with Crippen LogP contribution in [-0.4, -0.2) is 47.8 Å². The number of aryl methyl sites for hydroxylation is 1. The van der Waals surface area contributed by atoms with Crippen molar-refractivity contribution in [3.63, 3.8) is 0 Å². The number of aromatic hydroxyl groups is 1. The van der Waals surface area contributed by atoms with Crippen LogP contribution in [0, 0.1) is 6.92 Å². The molecule has 5 nitrogen and oxygen atoms in total. The molecule has 1 aromatic carbocycles. The molecule has 0 bridgehead atoms. The van der Waals surface area contributed by atoms with Crippen LogP contribution in [0.2, 0.25) is 0 Å². The summed E-state index contributed by atoms with van der Waals surface area (Å²) in [6, 6.07) is 14.2. The van der Waals surface area contributed by atoms with Crippen molar-refractivity contribution in [2.24, 2.45) is 0 Å². The predicted molar refractivity (Wildman–Crippen MR) is 93.9 cm³/mol. The molecule has 1 aliphatic rings. The number of hydrogen-bond donors (Lipinski definition) is 2. The Bertz CT molecular complexity index is 663. The maximum absolute atomic E-state index is 9.90. The van der Waals surface area contributed by atoms with Crippen molar-refractivity contribution in [1.82, 2.24) is 15.2 Å². The molecule has 2 atom stereocenters. The summed E-state index contributed by atoms with van der Waals surface area (Å²) in [4.78, 5) is 6.72. The molecule has 0 unspecified atom stereocenters. The van der Waals surface area contributed by atoms with Crippen molar-refractivity contribution >= 4 is 0 Å². The SMILES string of the molecule is Cc1ccc(O)c(CNC[C@@H]2OCCN(C)[C@H]2c2ccccc2)n1. The smallest absolute Gasteiger partial charge is 0.138 e. The molecule has 0 aliphatic carbocycles. The van der Waals surface area contributed by atoms with Crippen LogP contribution in [0.4, 0.5) is 0 Å². The normalized spacial score (nSPS) is 21.8. The molecule has 0 spiro atoms. The highest BCUT2D eigenvalue weighted by Crippen LogP contribution is 2.28. The molecule has 2 heterocycles. The number of aromatic nitrogens is 1. The molecule has 0 saturated carbocycles. The minimum atomic E-state index is 0.0677. The summed E-state index contributed by atoms with van der Waals surface area (Å²) in [6.07, 6.45) is 0.0677. The van der Waals surface area contributed by atoms with Crippen LogP contribution in [0.1, 0.15) is 23.0 Å². The number of morpholine rings is 1. The van der Waals surface area contributed by atoms with Gasteiger partial charge < -0.3 is 15.2 Å². The molecular formula is C19H25N3O2. The zero-order valence-electron chi connectivity index (χ0n) is 14.3. The summed E-state index contributed by atoms with van der Waals surface area (Å²) in [5.41, 5.74) is 2.85. The average Bonchev–Trinajstić information content (AvgIpc) is 2.59. The minimum Gasteiger partial charge on any atom is -0.506 e. The molecule has 24 heavy (non-hydrogen) atoms. The molecule has 128 valence electrons. The van der Waals surface area contributed by atoms with Gasteiger partial charge in [0.25, 0.3) is 0 Å². The van der Waals surface area contributed by atoms with E-state index in [0.29, 0.717) is 18.8 Å². The Morgan fingerprint density at radius 2 is 2.04 bits per heavy atom. The summed E-state index contributed by atoms with van der Waals surface area (Å²) in [5, 5.41) is 13.3. The van der Waals surface area contributed by atoms with E-state index >= 15 is 0 Å². The number of ether oxygens (including phenoxy) is 1. The van der Waals surface area contributed by atoms with Crippen molar-refractivity contribution < 1.29 is 9.84 Å². The van der Waals surface area contributed by atoms with Crippen LogP contribution in [0.25, 0.3) is 0 Å². The van der Waals surface area contributed by atoms with E-state index < -0.39 is 0 Å². The van der Waals surface area contributed by atoms with Crippen molar-refractivity contribution in [2.75, 3.05) is 26.7 Å². The van der Waals surface area contributed by atoms with E-state index in [9.17, 15) is 5.11 Å². The van der Waals surface area contributed by atoms with E-state index in [1.54, 1.807) is 6.07 Å². The monoisotopic (exact) mass is 327 g/mol. The number of pyridine rings is 1. The van der Waals surface area contributed by atoms with Crippen LogP contribution in [0.15, 0.2) is 42.5 Å². The van der Waals surface area contributed by atoms with Crippen LogP contribution in [-0.2, 0) is 11.3 Å². The molecular weight excluding hydrogens is 302 g/mol. The predicted octanol–water partition coefficient (Wildman–Crippen LogP) is 2.26. The Morgan fingerprint density at radius 3 is 2.83 bits per heavy atom. The minimum absolute atomic E-state index is 0.0677. The van der Waals surface area contributed by atoms with Crippen molar-refractivity contribution in [3.05, 3.63) is 59.4 Å². The molecule has 0 radical (unpaired) electrons. The first kappa shape index (κ1) is 16.9. The summed E-state index contributed by atoms with van der Waals surface area (Å²) >= 11 is 0. The van der Waals surface area contributed by atoms with Gasteiger partial charge in [0, 0.05) is 25.3 Å². The van der Waals surface area contributed by atoms with E-state index in [2.05, 4.69) is 46.5 Å². The molecule has 1 aromatic heterocycles. The number of rotatable bonds is 5. The van der Waals surface area contributed by atoms with E-state index in [-0.39, 0.29) is 17.9 Å². The Morgan fingerprint density at radius 1 is 1.25 bits per heavy atom. The maximum atomic E-state index is 9.90. The van der Waals surface area contributed by atoms with Gasteiger partial charge in [-0.15, -0.1) is 0 Å². The van der Waals surface area contributed by atoms with E-state index in [1.807, 2.05) is 19.1 Å². The first-order chi connectivity index (χ1) is 11.6. The van der Waals surface area contributed by atoms with Crippen LogP contribution < -0.4 is 5.32 Å². The summed E-state index contributed by atoms with van der Waals surface area (Å²) < 4.78 is 6.02. The Labute approximate surface area is 143 Å². The molecule has 1 fully saturated rings. The van der Waals surface area contributed by atoms with Gasteiger partial charge in [0.15, 0.2) is 0 Å². The summed E-state index contributed by atoms with van der Waals surface area (Å²) in [6.45, 7) is 4.82. The lowest BCUT2D eigenvalue weighted by Crippen LogP contribution is -2.47. The Hall–Kier alpha value is -1.95. The first-order valence-electron chi connectivity index (χ1n) is 8.38. The lowest BCUT2D eigenvalue weighted by atomic mass is 9.98. The van der Waals surface area contributed by atoms with Gasteiger partial charge in [0.2, 0.25) is 0 Å². The number of nitrogens with one attached hydrogen (secondary N) is 1. The fourth-order valence-electron chi connectivity index (χ4n) is 3.22. The van der Waals surface area contributed by atoms with Gasteiger partial charge in [-0.1, -0.05) is 30.3 Å². The van der Waals surface area contributed by atoms with Crippen LogP contribution in [0.5, 0.6) is 5.75 Å². The van der Waals surface area contributed by atoms with Crippen molar-refractivity contribution in [3.8, 4) is 5.75 Å². The van der Waals surface area contributed by atoms with Gasteiger partial charge in [0.1, 0.15) is 5.75 Å². The Kier molecular flexibility index (Phi) is 5.45. The van der Waals surface area contributed by atoms with Gasteiger partial charge in [0.05, 0.1) is 24.4 Å². The zero-order chi connectivity index (χ0) is 16.9. The fraction of sp³-hybridized carbons (Fsp3) is 0.421. The maximum Gasteiger partial charge on any atom is 0.138 e. The third-order valence-corrected chi connectivity index (χ3v) is 4.47. The van der Waals surface area contributed by atoms with Gasteiger partial charge in [-0.2, -0.15) is 0 Å². The van der Waals surface area contributed by atoms with E-state index in [1.165, 1.54) is 5.56 Å². The lowest BCUT2D eigenvalue weighted by Gasteiger charge is -2.39. The van der Waals surface area contributed by atoms with Gasteiger partial charge in [-0.25, -0.2) is 0 Å². The van der Waals surface area contributed by atoms with Crippen LogP contribution in [0.3, 0.4) is 0 Å². The third-order valence-electron chi connectivity index (χ3n) is 4.47. The standard InChI is InChI=1S/C19H25N3O2/c1-14-8-9-17(23)16(21-14)12-20-13-18-19(22(2)10-11-24-18)15-6-4-3-5-7-15/h3-9,18-20,23H,10-13H2,1-2H3/t18-,19-/m0/s1. The highest BCUT2D eigenvalue weighted by atomic mass is 16.5. The quantitative estimate of drug-likeness (QED) is 0.882. The topological polar surface area (TPSA) is 57.6 Å². The van der Waals surface area contributed by atoms with Gasteiger partial charge in [-0.05, 0) is 31.7 Å². The molecule has 3 rings (SSSR count). The second-order valence-electron chi connectivity index (χ2n) is 6.29. The average molecular weight is 327 g/mol. The third kappa shape index (κ3) is 3.93. The zero-order valence-corrected chi connectivity index (χ0v) is 14.3. The highest BCUT2D eigenvalue weighted by molar-refractivity contribution is 5.27. The first-order valence-corrected chi connectivity index (χ1v) is 8.38. The number of likely N-dealkylation sites (N-methyl/N-ethyl adjacent to an activating group) is 1. The van der Waals surface area contributed by atoms with Crippen LogP contribution >= 0.6 is 0 Å². The fourth-order valence-corrected chi connectivity index (χ4v) is 3.22. The highest BCUT2D eigenvalue weighted by Gasteiger charge is 2.31. The van der Waals surface area contributed by atoms with Gasteiger partial charge >= 0.3 is 0 Å². The number of nitrogens with zero attached hydrogens (tertiary/aromatic N) is 2. The molecule has 5 heteroatoms. The molecule has 0 amide bonds. The molecule has 2 N–H and O–H groups in total. The summed E-state index contributed by atoms with van der Waals surface area (Å²) in [7, 11) is 2.14. The number of hydrogen-bond acceptors (Lipinski definition) is 5. The molecule has 1 aliphatic heterocycles. The molecule has 1 saturated heterocycles. The molecule has 2 aromatic rings.